The predicted molar refractivity (Wildman–Crippen MR) is 284 cm³/mol. The monoisotopic (exact) mass is 931 g/mol. The zero-order chi connectivity index (χ0) is 47.9. The lowest BCUT2D eigenvalue weighted by atomic mass is 10.0. The van der Waals surface area contributed by atoms with Gasteiger partial charge in [0.05, 0.1) is 0 Å². The third-order valence-corrected chi connectivity index (χ3v) is 13.5. The number of carbonyl (C=O) groups excluding carboxylic acids is 3. The zero-order valence-corrected chi connectivity index (χ0v) is 44.7. The molecular formula is C60H114O6. The lowest BCUT2D eigenvalue weighted by Crippen LogP contribution is -2.30. The highest BCUT2D eigenvalue weighted by Crippen LogP contribution is 2.17. The van der Waals surface area contributed by atoms with Crippen molar-refractivity contribution in [1.29, 1.82) is 0 Å². The highest BCUT2D eigenvalue weighted by atomic mass is 16.6. The van der Waals surface area contributed by atoms with E-state index in [0.29, 0.717) is 19.3 Å². The molecule has 0 aliphatic carbocycles. The van der Waals surface area contributed by atoms with E-state index >= 15 is 0 Å². The van der Waals surface area contributed by atoms with Crippen LogP contribution in [0.15, 0.2) is 12.2 Å². The third-order valence-electron chi connectivity index (χ3n) is 13.5. The van der Waals surface area contributed by atoms with Crippen LogP contribution in [0.25, 0.3) is 0 Å². The molecule has 6 heteroatoms. The summed E-state index contributed by atoms with van der Waals surface area (Å²) >= 11 is 0. The van der Waals surface area contributed by atoms with Crippen LogP contribution >= 0.6 is 0 Å². The second-order valence-corrected chi connectivity index (χ2v) is 20.3. The molecule has 0 saturated carbocycles. The minimum absolute atomic E-state index is 0.0674. The molecule has 1 atom stereocenters. The Balaban J connectivity index is 4.24. The summed E-state index contributed by atoms with van der Waals surface area (Å²) < 4.78 is 16.9. The fraction of sp³-hybridized carbons (Fsp3) is 0.917. The van der Waals surface area contributed by atoms with Crippen LogP contribution in [0, 0.1) is 0 Å². The van der Waals surface area contributed by atoms with Crippen molar-refractivity contribution in [2.24, 2.45) is 0 Å². The van der Waals surface area contributed by atoms with Crippen molar-refractivity contribution in [1.82, 2.24) is 0 Å². The largest absolute Gasteiger partial charge is 0.462 e. The first-order chi connectivity index (χ1) is 32.5. The molecule has 0 saturated heterocycles. The molecule has 0 bridgehead atoms. The Kier molecular flexibility index (Phi) is 54.2. The van der Waals surface area contributed by atoms with Crippen LogP contribution in [0.3, 0.4) is 0 Å². The van der Waals surface area contributed by atoms with Crippen LogP contribution in [0.4, 0.5) is 0 Å². The normalized spacial score (nSPS) is 12.0. The van der Waals surface area contributed by atoms with Crippen molar-refractivity contribution >= 4 is 17.9 Å². The summed E-state index contributed by atoms with van der Waals surface area (Å²) in [4.78, 5) is 38.1. The van der Waals surface area contributed by atoms with Crippen molar-refractivity contribution in [3.8, 4) is 0 Å². The van der Waals surface area contributed by atoms with E-state index in [-0.39, 0.29) is 31.1 Å². The van der Waals surface area contributed by atoms with E-state index in [9.17, 15) is 14.4 Å². The van der Waals surface area contributed by atoms with Crippen molar-refractivity contribution in [3.05, 3.63) is 12.2 Å². The van der Waals surface area contributed by atoms with Crippen LogP contribution in [0.5, 0.6) is 0 Å². The number of hydrogen-bond donors (Lipinski definition) is 0. The number of allylic oxidation sites excluding steroid dienone is 2. The molecular weight excluding hydrogens is 817 g/mol. The smallest absolute Gasteiger partial charge is 0.306 e. The lowest BCUT2D eigenvalue weighted by Gasteiger charge is -2.18. The van der Waals surface area contributed by atoms with Crippen molar-refractivity contribution in [3.63, 3.8) is 0 Å². The molecule has 0 aromatic heterocycles. The molecule has 0 amide bonds. The summed E-state index contributed by atoms with van der Waals surface area (Å²) in [7, 11) is 0. The van der Waals surface area contributed by atoms with Gasteiger partial charge in [0.15, 0.2) is 6.10 Å². The predicted octanol–water partition coefficient (Wildman–Crippen LogP) is 19.7. The van der Waals surface area contributed by atoms with Crippen LogP contribution in [-0.4, -0.2) is 37.2 Å². The summed E-state index contributed by atoms with van der Waals surface area (Å²) in [5, 5.41) is 0. The van der Waals surface area contributed by atoms with Crippen LogP contribution in [0.1, 0.15) is 335 Å². The molecule has 0 aromatic carbocycles. The van der Waals surface area contributed by atoms with Crippen molar-refractivity contribution < 1.29 is 28.6 Å². The van der Waals surface area contributed by atoms with Gasteiger partial charge in [0.1, 0.15) is 13.2 Å². The molecule has 0 aliphatic rings. The highest BCUT2D eigenvalue weighted by Gasteiger charge is 2.19. The van der Waals surface area contributed by atoms with E-state index in [0.717, 1.165) is 64.2 Å². The quantitative estimate of drug-likeness (QED) is 0.0262. The standard InChI is InChI=1S/C60H114O6/c1-4-7-10-13-16-19-22-24-26-28-29-30-31-32-34-35-38-41-44-47-50-53-59(62)65-56-57(55-64-58(61)52-49-46-43-40-37-21-18-15-12-9-6-3)66-60(63)54-51-48-45-42-39-36-33-27-25-23-20-17-14-11-8-5-2/h27,33,57H,4-26,28-32,34-56H2,1-3H3/b33-27-. The van der Waals surface area contributed by atoms with E-state index < -0.39 is 6.10 Å². The first kappa shape index (κ1) is 64.2. The van der Waals surface area contributed by atoms with Gasteiger partial charge in [-0.25, -0.2) is 0 Å². The highest BCUT2D eigenvalue weighted by molar-refractivity contribution is 5.71. The van der Waals surface area contributed by atoms with Gasteiger partial charge in [-0.15, -0.1) is 0 Å². The molecule has 0 N–H and O–H groups in total. The molecule has 0 heterocycles. The minimum Gasteiger partial charge on any atom is -0.462 e. The number of ether oxygens (including phenoxy) is 3. The number of rotatable bonds is 55. The summed E-state index contributed by atoms with van der Waals surface area (Å²) in [6.45, 7) is 6.68. The van der Waals surface area contributed by atoms with E-state index in [1.54, 1.807) is 0 Å². The Morgan fingerprint density at radius 2 is 0.500 bits per heavy atom. The van der Waals surface area contributed by atoms with Crippen LogP contribution in [0.2, 0.25) is 0 Å². The van der Waals surface area contributed by atoms with Gasteiger partial charge in [-0.3, -0.25) is 14.4 Å². The Labute approximate surface area is 411 Å². The van der Waals surface area contributed by atoms with Crippen molar-refractivity contribution in [2.75, 3.05) is 13.2 Å². The molecule has 1 unspecified atom stereocenters. The summed E-state index contributed by atoms with van der Waals surface area (Å²) in [5.74, 6) is -0.852. The maximum Gasteiger partial charge on any atom is 0.306 e. The van der Waals surface area contributed by atoms with E-state index in [4.69, 9.17) is 14.2 Å². The van der Waals surface area contributed by atoms with Gasteiger partial charge in [0.25, 0.3) is 0 Å². The van der Waals surface area contributed by atoms with Crippen LogP contribution in [-0.2, 0) is 28.6 Å². The first-order valence-electron chi connectivity index (χ1n) is 29.7. The number of esters is 3. The average Bonchev–Trinajstić information content (AvgIpc) is 3.31. The summed E-state index contributed by atoms with van der Waals surface area (Å²) in [5.41, 5.74) is 0. The maximum atomic E-state index is 12.8. The van der Waals surface area contributed by atoms with Gasteiger partial charge < -0.3 is 14.2 Å². The van der Waals surface area contributed by atoms with Gasteiger partial charge >= 0.3 is 17.9 Å². The Morgan fingerprint density at radius 1 is 0.288 bits per heavy atom. The molecule has 0 radical (unpaired) electrons. The summed E-state index contributed by atoms with van der Waals surface area (Å²) in [6, 6.07) is 0. The van der Waals surface area contributed by atoms with E-state index in [1.165, 1.54) is 231 Å². The molecule has 0 aliphatic heterocycles. The molecule has 390 valence electrons. The SMILES string of the molecule is CCCCCCCCC/C=C\CCCCCCCC(=O)OC(COC(=O)CCCCCCCCCCCCC)COC(=O)CCCCCCCCCCCCCCCCCCCCCCC. The maximum absolute atomic E-state index is 12.8. The number of unbranched alkanes of at least 4 members (excludes halogenated alkanes) is 42. The van der Waals surface area contributed by atoms with Crippen LogP contribution < -0.4 is 0 Å². The lowest BCUT2D eigenvalue weighted by molar-refractivity contribution is -0.167. The molecule has 6 nitrogen and oxygen atoms in total. The van der Waals surface area contributed by atoms with Crippen molar-refractivity contribution in [2.45, 2.75) is 341 Å². The van der Waals surface area contributed by atoms with Gasteiger partial charge in [-0.1, -0.05) is 283 Å². The van der Waals surface area contributed by atoms with Gasteiger partial charge in [0, 0.05) is 19.3 Å². The fourth-order valence-electron chi connectivity index (χ4n) is 9.03. The average molecular weight is 932 g/mol. The zero-order valence-electron chi connectivity index (χ0n) is 44.7. The molecule has 0 aromatic rings. The Hall–Kier alpha value is -1.85. The third kappa shape index (κ3) is 53.1. The Morgan fingerprint density at radius 3 is 0.758 bits per heavy atom. The number of carbonyl (C=O) groups is 3. The van der Waals surface area contributed by atoms with E-state index in [2.05, 4.69) is 32.9 Å². The second kappa shape index (κ2) is 55.7. The van der Waals surface area contributed by atoms with Gasteiger partial charge in [-0.2, -0.15) is 0 Å². The van der Waals surface area contributed by atoms with Gasteiger partial charge in [-0.05, 0) is 44.9 Å². The Bertz CT molecular complexity index is 1020. The molecule has 66 heavy (non-hydrogen) atoms. The first-order valence-corrected chi connectivity index (χ1v) is 29.7. The second-order valence-electron chi connectivity index (χ2n) is 20.3. The fourth-order valence-corrected chi connectivity index (χ4v) is 9.03. The molecule has 0 fully saturated rings. The van der Waals surface area contributed by atoms with E-state index in [1.807, 2.05) is 0 Å². The number of hydrogen-bond acceptors (Lipinski definition) is 6. The molecule has 0 rings (SSSR count). The minimum atomic E-state index is -0.768. The van der Waals surface area contributed by atoms with Gasteiger partial charge in [0.2, 0.25) is 0 Å². The topological polar surface area (TPSA) is 78.9 Å². The summed E-state index contributed by atoms with van der Waals surface area (Å²) in [6.07, 6.45) is 63.5. The molecule has 0 spiro atoms.